The van der Waals surface area contributed by atoms with Crippen molar-refractivity contribution in [1.82, 2.24) is 9.80 Å². The van der Waals surface area contributed by atoms with Crippen LogP contribution in [-0.4, -0.2) is 55.0 Å². The van der Waals surface area contributed by atoms with Crippen LogP contribution < -0.4 is 5.73 Å². The van der Waals surface area contributed by atoms with E-state index in [1.807, 2.05) is 0 Å². The summed E-state index contributed by atoms with van der Waals surface area (Å²) in [4.78, 5) is 16.7. The molecule has 0 aliphatic carbocycles. The first kappa shape index (κ1) is 18.4. The lowest BCUT2D eigenvalue weighted by Crippen LogP contribution is -2.42. The zero-order valence-corrected chi connectivity index (χ0v) is 14.3. The Kier molecular flexibility index (Phi) is 8.93. The third-order valence-corrected chi connectivity index (χ3v) is 4.74. The van der Waals surface area contributed by atoms with E-state index in [9.17, 15) is 4.79 Å². The molecule has 0 saturated carbocycles. The molecule has 0 aromatic carbocycles. The highest BCUT2D eigenvalue weighted by atomic mass is 16.2. The summed E-state index contributed by atoms with van der Waals surface area (Å²) < 4.78 is 0. The Morgan fingerprint density at radius 2 is 1.81 bits per heavy atom. The molecule has 0 bridgehead atoms. The van der Waals surface area contributed by atoms with Gasteiger partial charge in [-0.25, -0.2) is 0 Å². The Labute approximate surface area is 131 Å². The van der Waals surface area contributed by atoms with Crippen molar-refractivity contribution in [3.8, 4) is 0 Å². The fraction of sp³-hybridized carbons (Fsp3) is 0.941. The molecule has 4 heteroatoms. The minimum Gasteiger partial charge on any atom is -0.343 e. The van der Waals surface area contributed by atoms with Gasteiger partial charge < -0.3 is 15.5 Å². The first-order chi connectivity index (χ1) is 10.0. The van der Waals surface area contributed by atoms with E-state index >= 15 is 0 Å². The van der Waals surface area contributed by atoms with Crippen molar-refractivity contribution >= 4 is 5.91 Å². The van der Waals surface area contributed by atoms with Crippen LogP contribution in [0, 0.1) is 5.92 Å². The lowest BCUT2D eigenvalue weighted by Gasteiger charge is -2.35. The molecule has 0 aromatic rings. The number of carbonyl (C=O) groups excluding carboxylic acids is 1. The lowest BCUT2D eigenvalue weighted by atomic mass is 9.95. The van der Waals surface area contributed by atoms with Gasteiger partial charge >= 0.3 is 0 Å². The van der Waals surface area contributed by atoms with Crippen LogP contribution in [0.4, 0.5) is 0 Å². The van der Waals surface area contributed by atoms with Crippen LogP contribution in [0.5, 0.6) is 0 Å². The Morgan fingerprint density at radius 3 is 2.38 bits per heavy atom. The maximum Gasteiger partial charge on any atom is 0.222 e. The molecule has 4 nitrogen and oxygen atoms in total. The maximum atomic E-state index is 12.2. The van der Waals surface area contributed by atoms with E-state index in [1.165, 1.54) is 6.54 Å². The summed E-state index contributed by atoms with van der Waals surface area (Å²) >= 11 is 0. The van der Waals surface area contributed by atoms with Crippen molar-refractivity contribution in [2.75, 3.05) is 33.2 Å². The summed E-state index contributed by atoms with van der Waals surface area (Å²) in [7, 11) is 2.20. The van der Waals surface area contributed by atoms with Gasteiger partial charge in [0.1, 0.15) is 0 Å². The summed E-state index contributed by atoms with van der Waals surface area (Å²) in [6.07, 6.45) is 7.46. The summed E-state index contributed by atoms with van der Waals surface area (Å²) in [6.45, 7) is 8.33. The van der Waals surface area contributed by atoms with Crippen LogP contribution in [0.25, 0.3) is 0 Å². The number of carbonyl (C=O) groups is 1. The van der Waals surface area contributed by atoms with Gasteiger partial charge in [0, 0.05) is 32.1 Å². The van der Waals surface area contributed by atoms with E-state index in [-0.39, 0.29) is 0 Å². The van der Waals surface area contributed by atoms with Crippen LogP contribution in [0.3, 0.4) is 0 Å². The predicted molar refractivity (Wildman–Crippen MR) is 89.2 cm³/mol. The zero-order valence-electron chi connectivity index (χ0n) is 14.3. The molecule has 0 unspecified atom stereocenters. The monoisotopic (exact) mass is 297 g/mol. The van der Waals surface area contributed by atoms with E-state index < -0.39 is 0 Å². The van der Waals surface area contributed by atoms with Crippen LogP contribution in [0.2, 0.25) is 0 Å². The van der Waals surface area contributed by atoms with Crippen LogP contribution in [0.1, 0.15) is 58.8 Å². The molecule has 0 radical (unpaired) electrons. The SMILES string of the molecule is CC(C)N(C)CC1CCN(C(=O)CCCCCCN)CC1. The number of hydrogen-bond donors (Lipinski definition) is 1. The fourth-order valence-electron chi connectivity index (χ4n) is 2.92. The number of nitrogens with zero attached hydrogens (tertiary/aromatic N) is 2. The summed E-state index contributed by atoms with van der Waals surface area (Å²) in [6, 6.07) is 0.609. The van der Waals surface area contributed by atoms with Gasteiger partial charge in [0.05, 0.1) is 0 Å². The normalized spacial score (nSPS) is 17.0. The first-order valence-electron chi connectivity index (χ1n) is 8.72. The van der Waals surface area contributed by atoms with Crippen molar-refractivity contribution in [2.24, 2.45) is 11.7 Å². The third-order valence-electron chi connectivity index (χ3n) is 4.74. The topological polar surface area (TPSA) is 49.6 Å². The quantitative estimate of drug-likeness (QED) is 0.665. The highest BCUT2D eigenvalue weighted by molar-refractivity contribution is 5.76. The van der Waals surface area contributed by atoms with E-state index in [0.717, 1.165) is 70.5 Å². The van der Waals surface area contributed by atoms with E-state index in [2.05, 4.69) is 30.7 Å². The van der Waals surface area contributed by atoms with Crippen molar-refractivity contribution in [1.29, 1.82) is 0 Å². The molecule has 124 valence electrons. The number of hydrogen-bond acceptors (Lipinski definition) is 3. The molecule has 1 saturated heterocycles. The lowest BCUT2D eigenvalue weighted by molar-refractivity contribution is -0.132. The van der Waals surface area contributed by atoms with E-state index in [4.69, 9.17) is 5.73 Å². The number of likely N-dealkylation sites (tertiary alicyclic amines) is 1. The Balaban J connectivity index is 2.15. The van der Waals surface area contributed by atoms with Crippen molar-refractivity contribution < 1.29 is 4.79 Å². The molecular formula is C17H35N3O. The van der Waals surface area contributed by atoms with Crippen LogP contribution >= 0.6 is 0 Å². The van der Waals surface area contributed by atoms with Gasteiger partial charge in [-0.1, -0.05) is 12.8 Å². The van der Waals surface area contributed by atoms with Gasteiger partial charge in [-0.3, -0.25) is 4.79 Å². The first-order valence-corrected chi connectivity index (χ1v) is 8.72. The molecular weight excluding hydrogens is 262 g/mol. The molecule has 0 spiro atoms. The fourth-order valence-corrected chi connectivity index (χ4v) is 2.92. The second-order valence-corrected chi connectivity index (χ2v) is 6.81. The molecule has 0 aromatic heterocycles. The second-order valence-electron chi connectivity index (χ2n) is 6.81. The van der Waals surface area contributed by atoms with Crippen molar-refractivity contribution in [3.63, 3.8) is 0 Å². The molecule has 1 aliphatic rings. The number of amides is 1. The van der Waals surface area contributed by atoms with Gasteiger partial charge in [-0.05, 0) is 59.0 Å². The zero-order chi connectivity index (χ0) is 15.7. The van der Waals surface area contributed by atoms with Gasteiger partial charge in [-0.2, -0.15) is 0 Å². The summed E-state index contributed by atoms with van der Waals surface area (Å²) in [5.74, 6) is 1.12. The minimum atomic E-state index is 0.360. The predicted octanol–water partition coefficient (Wildman–Crippen LogP) is 2.47. The van der Waals surface area contributed by atoms with Crippen LogP contribution in [-0.2, 0) is 4.79 Å². The van der Waals surface area contributed by atoms with E-state index in [0.29, 0.717) is 11.9 Å². The smallest absolute Gasteiger partial charge is 0.222 e. The van der Waals surface area contributed by atoms with Crippen molar-refractivity contribution in [2.45, 2.75) is 64.8 Å². The van der Waals surface area contributed by atoms with Crippen LogP contribution in [0.15, 0.2) is 0 Å². The summed E-state index contributed by atoms with van der Waals surface area (Å²) in [5.41, 5.74) is 5.47. The molecule has 2 N–H and O–H groups in total. The third kappa shape index (κ3) is 7.28. The summed E-state index contributed by atoms with van der Waals surface area (Å²) in [5, 5.41) is 0. The standard InChI is InChI=1S/C17H35N3O/c1-15(2)19(3)14-16-9-12-20(13-10-16)17(21)8-6-4-5-7-11-18/h15-16H,4-14,18H2,1-3H3. The van der Waals surface area contributed by atoms with E-state index in [1.54, 1.807) is 0 Å². The Hall–Kier alpha value is -0.610. The van der Waals surface area contributed by atoms with Gasteiger partial charge in [0.25, 0.3) is 0 Å². The molecule has 21 heavy (non-hydrogen) atoms. The molecule has 1 fully saturated rings. The highest BCUT2D eigenvalue weighted by Crippen LogP contribution is 2.20. The van der Waals surface area contributed by atoms with Gasteiger partial charge in [0.2, 0.25) is 5.91 Å². The largest absolute Gasteiger partial charge is 0.343 e. The number of unbranched alkanes of at least 4 members (excludes halogenated alkanes) is 3. The molecule has 1 aliphatic heterocycles. The maximum absolute atomic E-state index is 12.2. The average molecular weight is 297 g/mol. The van der Waals surface area contributed by atoms with Gasteiger partial charge in [-0.15, -0.1) is 0 Å². The second kappa shape index (κ2) is 10.2. The minimum absolute atomic E-state index is 0.360. The molecule has 1 amide bonds. The van der Waals surface area contributed by atoms with Gasteiger partial charge in [0.15, 0.2) is 0 Å². The average Bonchev–Trinajstić information content (AvgIpc) is 2.47. The number of piperidine rings is 1. The number of rotatable bonds is 9. The Morgan fingerprint density at radius 1 is 1.19 bits per heavy atom. The Bertz CT molecular complexity index is 286. The number of nitrogens with two attached hydrogens (primary N) is 1. The molecule has 1 heterocycles. The highest BCUT2D eigenvalue weighted by Gasteiger charge is 2.23. The molecule has 0 atom stereocenters. The molecule has 1 rings (SSSR count). The van der Waals surface area contributed by atoms with Crippen molar-refractivity contribution in [3.05, 3.63) is 0 Å².